The largest absolute Gasteiger partial charge is 0.497 e. The van der Waals surface area contributed by atoms with Gasteiger partial charge < -0.3 is 4.74 Å². The number of methoxy groups -OCH3 is 1. The lowest BCUT2D eigenvalue weighted by Crippen LogP contribution is -2.30. The minimum atomic E-state index is -4.04. The van der Waals surface area contributed by atoms with Gasteiger partial charge in [0.25, 0.3) is 0 Å². The SMILES string of the molecule is COc1ccc(C(NS(=O)(=O)c2cccc(S(=O)(=O)N3CCCC3)c2)c2ccccc2)cc1. The van der Waals surface area contributed by atoms with Gasteiger partial charge in [0, 0.05) is 13.1 Å². The summed E-state index contributed by atoms with van der Waals surface area (Å²) in [6.45, 7) is 0.899. The summed E-state index contributed by atoms with van der Waals surface area (Å²) in [5.74, 6) is 0.660. The Hall–Kier alpha value is -2.72. The van der Waals surface area contributed by atoms with E-state index in [1.807, 2.05) is 30.3 Å². The van der Waals surface area contributed by atoms with Crippen molar-refractivity contribution in [2.75, 3.05) is 20.2 Å². The zero-order valence-corrected chi connectivity index (χ0v) is 19.8. The average Bonchev–Trinajstić information content (AvgIpc) is 3.39. The van der Waals surface area contributed by atoms with Crippen LogP contribution >= 0.6 is 0 Å². The summed E-state index contributed by atoms with van der Waals surface area (Å²) in [6.07, 6.45) is 1.61. The fourth-order valence-corrected chi connectivity index (χ4v) is 6.77. The molecular formula is C24H26N2O5S2. The van der Waals surface area contributed by atoms with Crippen molar-refractivity contribution in [1.29, 1.82) is 0 Å². The molecule has 1 atom stereocenters. The van der Waals surface area contributed by atoms with Crippen molar-refractivity contribution in [2.45, 2.75) is 28.7 Å². The molecule has 1 fully saturated rings. The first kappa shape index (κ1) is 23.4. The van der Waals surface area contributed by atoms with Gasteiger partial charge in [-0.2, -0.15) is 9.03 Å². The normalized spacial score (nSPS) is 15.9. The van der Waals surface area contributed by atoms with Crippen molar-refractivity contribution >= 4 is 20.0 Å². The number of ether oxygens (including phenoxy) is 1. The summed E-state index contributed by atoms with van der Waals surface area (Å²) >= 11 is 0. The second kappa shape index (κ2) is 9.64. The van der Waals surface area contributed by atoms with Crippen LogP contribution in [0.5, 0.6) is 5.75 Å². The molecule has 1 saturated heterocycles. The van der Waals surface area contributed by atoms with Crippen LogP contribution < -0.4 is 9.46 Å². The van der Waals surface area contributed by atoms with Crippen LogP contribution in [-0.2, 0) is 20.0 Å². The van der Waals surface area contributed by atoms with E-state index in [4.69, 9.17) is 4.74 Å². The third kappa shape index (κ3) is 5.11. The highest BCUT2D eigenvalue weighted by atomic mass is 32.2. The van der Waals surface area contributed by atoms with Gasteiger partial charge in [0.1, 0.15) is 5.75 Å². The van der Waals surface area contributed by atoms with Gasteiger partial charge in [-0.05, 0) is 54.3 Å². The highest BCUT2D eigenvalue weighted by molar-refractivity contribution is 7.90. The maximum absolute atomic E-state index is 13.4. The molecule has 174 valence electrons. The van der Waals surface area contributed by atoms with Gasteiger partial charge in [0.2, 0.25) is 20.0 Å². The Bertz CT molecular complexity index is 1300. The van der Waals surface area contributed by atoms with E-state index in [0.717, 1.165) is 24.0 Å². The maximum atomic E-state index is 13.4. The fraction of sp³-hybridized carbons (Fsp3) is 0.250. The van der Waals surface area contributed by atoms with Crippen molar-refractivity contribution in [2.24, 2.45) is 0 Å². The van der Waals surface area contributed by atoms with Gasteiger partial charge in [-0.3, -0.25) is 0 Å². The van der Waals surface area contributed by atoms with Crippen molar-refractivity contribution in [3.63, 3.8) is 0 Å². The van der Waals surface area contributed by atoms with E-state index in [9.17, 15) is 16.8 Å². The predicted octanol–water partition coefficient (Wildman–Crippen LogP) is 3.55. The Morgan fingerprint density at radius 3 is 2.03 bits per heavy atom. The summed E-state index contributed by atoms with van der Waals surface area (Å²) in [5.41, 5.74) is 1.48. The monoisotopic (exact) mass is 486 g/mol. The van der Waals surface area contributed by atoms with Crippen LogP contribution in [0, 0.1) is 0 Å². The molecule has 1 aliphatic heterocycles. The molecule has 0 saturated carbocycles. The number of hydrogen-bond acceptors (Lipinski definition) is 5. The number of sulfonamides is 2. The van der Waals surface area contributed by atoms with Gasteiger partial charge in [0.05, 0.1) is 22.9 Å². The second-order valence-corrected chi connectivity index (χ2v) is 11.5. The molecule has 0 spiro atoms. The Balaban J connectivity index is 1.69. The molecule has 1 N–H and O–H groups in total. The Morgan fingerprint density at radius 1 is 0.788 bits per heavy atom. The minimum Gasteiger partial charge on any atom is -0.497 e. The molecule has 4 rings (SSSR count). The molecule has 3 aromatic carbocycles. The number of benzene rings is 3. The van der Waals surface area contributed by atoms with E-state index >= 15 is 0 Å². The first-order valence-electron chi connectivity index (χ1n) is 10.6. The van der Waals surface area contributed by atoms with E-state index in [1.165, 1.54) is 28.6 Å². The van der Waals surface area contributed by atoms with Crippen LogP contribution in [0.25, 0.3) is 0 Å². The number of hydrogen-bond donors (Lipinski definition) is 1. The van der Waals surface area contributed by atoms with Gasteiger partial charge >= 0.3 is 0 Å². The van der Waals surface area contributed by atoms with Crippen LogP contribution in [0.1, 0.15) is 30.0 Å². The number of nitrogens with zero attached hydrogens (tertiary/aromatic N) is 1. The van der Waals surface area contributed by atoms with Crippen molar-refractivity contribution in [3.8, 4) is 5.75 Å². The van der Waals surface area contributed by atoms with Gasteiger partial charge in [-0.15, -0.1) is 0 Å². The fourth-order valence-electron chi connectivity index (χ4n) is 3.87. The van der Waals surface area contributed by atoms with Crippen LogP contribution in [0.3, 0.4) is 0 Å². The van der Waals surface area contributed by atoms with E-state index in [1.54, 1.807) is 31.4 Å². The standard InChI is InChI=1S/C24H26N2O5S2/c1-31-21-14-12-20(13-15-21)24(19-8-3-2-4-9-19)25-32(27,28)22-10-7-11-23(18-22)33(29,30)26-16-5-6-17-26/h2-4,7-15,18,24-25H,5-6,16-17H2,1H3. The van der Waals surface area contributed by atoms with Crippen LogP contribution in [0.15, 0.2) is 88.7 Å². The third-order valence-corrected chi connectivity index (χ3v) is 8.99. The first-order valence-corrected chi connectivity index (χ1v) is 13.5. The summed E-state index contributed by atoms with van der Waals surface area (Å²) in [7, 11) is -6.21. The molecule has 0 radical (unpaired) electrons. The third-order valence-electron chi connectivity index (χ3n) is 5.67. The zero-order valence-electron chi connectivity index (χ0n) is 18.2. The van der Waals surface area contributed by atoms with Crippen LogP contribution in [0.4, 0.5) is 0 Å². The summed E-state index contributed by atoms with van der Waals surface area (Å²) < 4.78 is 62.0. The van der Waals surface area contributed by atoms with E-state index in [0.29, 0.717) is 18.8 Å². The smallest absolute Gasteiger partial charge is 0.243 e. The molecule has 3 aromatic rings. The molecule has 0 bridgehead atoms. The molecule has 0 aliphatic carbocycles. The highest BCUT2D eigenvalue weighted by Crippen LogP contribution is 2.28. The summed E-state index contributed by atoms with van der Waals surface area (Å²) in [5, 5.41) is 0. The van der Waals surface area contributed by atoms with Gasteiger partial charge in [-0.1, -0.05) is 48.5 Å². The molecule has 1 aliphatic rings. The summed E-state index contributed by atoms with van der Waals surface area (Å²) in [4.78, 5) is -0.120. The molecule has 1 heterocycles. The molecule has 1 unspecified atom stereocenters. The van der Waals surface area contributed by atoms with Gasteiger partial charge in [-0.25, -0.2) is 16.8 Å². The Kier molecular flexibility index (Phi) is 6.85. The van der Waals surface area contributed by atoms with E-state index in [2.05, 4.69) is 4.72 Å². The van der Waals surface area contributed by atoms with E-state index in [-0.39, 0.29) is 9.79 Å². The molecule has 33 heavy (non-hydrogen) atoms. The highest BCUT2D eigenvalue weighted by Gasteiger charge is 2.29. The molecule has 7 nitrogen and oxygen atoms in total. The minimum absolute atomic E-state index is 0.0204. The van der Waals surface area contributed by atoms with Crippen molar-refractivity contribution < 1.29 is 21.6 Å². The lowest BCUT2D eigenvalue weighted by atomic mass is 10.00. The first-order chi connectivity index (χ1) is 15.8. The quantitative estimate of drug-likeness (QED) is 0.526. The lowest BCUT2D eigenvalue weighted by molar-refractivity contribution is 0.414. The van der Waals surface area contributed by atoms with Gasteiger partial charge in [0.15, 0.2) is 0 Å². The number of rotatable bonds is 8. The Morgan fingerprint density at radius 2 is 1.39 bits per heavy atom. The molecule has 0 amide bonds. The molecular weight excluding hydrogens is 460 g/mol. The maximum Gasteiger partial charge on any atom is 0.243 e. The second-order valence-electron chi connectivity index (χ2n) is 7.82. The molecule has 9 heteroatoms. The molecule has 0 aromatic heterocycles. The van der Waals surface area contributed by atoms with E-state index < -0.39 is 26.1 Å². The Labute approximate surface area is 195 Å². The predicted molar refractivity (Wildman–Crippen MR) is 126 cm³/mol. The lowest BCUT2D eigenvalue weighted by Gasteiger charge is -2.21. The number of nitrogens with one attached hydrogen (secondary N) is 1. The summed E-state index contributed by atoms with van der Waals surface area (Å²) in [6, 6.07) is 21.2. The average molecular weight is 487 g/mol. The van der Waals surface area contributed by atoms with Crippen molar-refractivity contribution in [3.05, 3.63) is 90.0 Å². The van der Waals surface area contributed by atoms with Crippen LogP contribution in [-0.4, -0.2) is 41.3 Å². The van der Waals surface area contributed by atoms with Crippen molar-refractivity contribution in [1.82, 2.24) is 9.03 Å². The zero-order chi connectivity index (χ0) is 23.5. The van der Waals surface area contributed by atoms with Crippen LogP contribution in [0.2, 0.25) is 0 Å². The topological polar surface area (TPSA) is 92.8 Å².